The Morgan fingerprint density at radius 3 is 1.55 bits per heavy atom. The normalized spacial score (nSPS) is 16.8. The van der Waals surface area contributed by atoms with Crippen molar-refractivity contribution in [1.82, 2.24) is 15.0 Å². The minimum absolute atomic E-state index is 0.128. The van der Waals surface area contributed by atoms with E-state index in [0.717, 1.165) is 52.9 Å². The number of fused-ring (bicyclic) bond motifs is 1. The number of allylic oxidation sites excluding steroid dienone is 2. The molecule has 47 heavy (non-hydrogen) atoms. The van der Waals surface area contributed by atoms with E-state index in [1.54, 1.807) is 5.57 Å². The molecule has 1 aliphatic rings. The molecule has 1 heterocycles. The second kappa shape index (κ2) is 15.8. The Kier molecular flexibility index (Phi) is 12.3. The summed E-state index contributed by atoms with van der Waals surface area (Å²) < 4.78 is 0. The fourth-order valence-corrected chi connectivity index (χ4v) is 7.09. The lowest BCUT2D eigenvalue weighted by atomic mass is 9.85. The van der Waals surface area contributed by atoms with E-state index in [0.29, 0.717) is 0 Å². The Balaban J connectivity index is 0.00000245. The number of aromatic nitrogens is 3. The largest absolute Gasteiger partial charge is 0.184 e. The minimum atomic E-state index is 0.128. The Labute approximate surface area is 287 Å². The Morgan fingerprint density at radius 2 is 1.11 bits per heavy atom. The maximum absolute atomic E-state index is 5.12. The van der Waals surface area contributed by atoms with Crippen molar-refractivity contribution in [3.8, 4) is 22.3 Å². The lowest BCUT2D eigenvalue weighted by molar-refractivity contribution is 0.399. The first-order valence-corrected chi connectivity index (χ1v) is 18.6. The van der Waals surface area contributed by atoms with Crippen LogP contribution in [0.5, 0.6) is 0 Å². The van der Waals surface area contributed by atoms with Crippen molar-refractivity contribution >= 4 is 11.0 Å². The predicted molar refractivity (Wildman–Crippen MR) is 205 cm³/mol. The summed E-state index contributed by atoms with van der Waals surface area (Å²) in [4.78, 5) is 1.96. The van der Waals surface area contributed by atoms with Gasteiger partial charge in [0.1, 0.15) is 11.0 Å². The van der Waals surface area contributed by atoms with E-state index in [1.807, 2.05) is 18.6 Å². The van der Waals surface area contributed by atoms with Crippen molar-refractivity contribution in [3.63, 3.8) is 0 Å². The third-order valence-corrected chi connectivity index (χ3v) is 9.93. The van der Waals surface area contributed by atoms with E-state index in [-0.39, 0.29) is 10.8 Å². The summed E-state index contributed by atoms with van der Waals surface area (Å²) in [5, 5.41) is 10.2. The van der Waals surface area contributed by atoms with Crippen LogP contribution in [0.3, 0.4) is 0 Å². The van der Waals surface area contributed by atoms with E-state index in [2.05, 4.69) is 129 Å². The van der Waals surface area contributed by atoms with Crippen LogP contribution in [0.1, 0.15) is 132 Å². The maximum Gasteiger partial charge on any atom is 0.121 e. The van der Waals surface area contributed by atoms with Gasteiger partial charge in [-0.05, 0) is 76.5 Å². The molecule has 1 aromatic heterocycles. The molecule has 2 unspecified atom stereocenters. The van der Waals surface area contributed by atoms with Gasteiger partial charge in [0, 0.05) is 11.1 Å². The third-order valence-electron chi connectivity index (χ3n) is 9.93. The summed E-state index contributed by atoms with van der Waals surface area (Å²) in [5.74, 6) is 2.34. The molecule has 0 fully saturated rings. The van der Waals surface area contributed by atoms with Crippen molar-refractivity contribution in [3.05, 3.63) is 83.4 Å². The average Bonchev–Trinajstić information content (AvgIpc) is 3.64. The molecule has 0 radical (unpaired) electrons. The van der Waals surface area contributed by atoms with E-state index in [4.69, 9.17) is 10.2 Å². The summed E-state index contributed by atoms with van der Waals surface area (Å²) in [7, 11) is 0. The molecule has 5 rings (SSSR count). The summed E-state index contributed by atoms with van der Waals surface area (Å²) in [6.45, 7) is 25.6. The predicted octanol–water partition coefficient (Wildman–Crippen LogP) is 13.0. The number of unbranched alkanes of at least 4 members (excludes halogenated alkanes) is 4. The number of benzene rings is 3. The van der Waals surface area contributed by atoms with Crippen LogP contribution >= 0.6 is 0 Å². The number of rotatable bonds is 11. The van der Waals surface area contributed by atoms with Crippen LogP contribution in [-0.2, 0) is 17.4 Å². The van der Waals surface area contributed by atoms with Gasteiger partial charge in [-0.1, -0.05) is 168 Å². The van der Waals surface area contributed by atoms with Gasteiger partial charge >= 0.3 is 0 Å². The van der Waals surface area contributed by atoms with E-state index in [9.17, 15) is 0 Å². The quantitative estimate of drug-likeness (QED) is 0.121. The topological polar surface area (TPSA) is 30.7 Å². The van der Waals surface area contributed by atoms with Crippen LogP contribution in [0.25, 0.3) is 33.3 Å². The number of aryl methyl sites for hydroxylation is 1. The molecule has 0 saturated heterocycles. The van der Waals surface area contributed by atoms with Gasteiger partial charge < -0.3 is 0 Å². The fraction of sp³-hybridized carbons (Fsp3) is 0.545. The number of nitrogens with zero attached hydrogens (tertiary/aromatic N) is 3. The van der Waals surface area contributed by atoms with Crippen LogP contribution in [-0.4, -0.2) is 15.0 Å². The molecule has 3 nitrogen and oxygen atoms in total. The summed E-state index contributed by atoms with van der Waals surface area (Å²) >= 11 is 0. The van der Waals surface area contributed by atoms with Gasteiger partial charge in [-0.25, -0.2) is 0 Å². The lowest BCUT2D eigenvalue weighted by Gasteiger charge is -2.19. The van der Waals surface area contributed by atoms with Crippen LogP contribution in [0, 0.1) is 17.8 Å². The number of hydrogen-bond acceptors (Lipinski definition) is 2. The molecule has 3 heteroatoms. The SMILES string of the molecule is CC.CC1C=C(CCCCCCCn2nc3c(-c4ccc(C(C)(C)C)cc4)ccc(-c4ccc(C(C)(C)C)cc4)c3n2)C(C(C)C)C1. The maximum atomic E-state index is 5.12. The van der Waals surface area contributed by atoms with Gasteiger partial charge in [0.2, 0.25) is 0 Å². The zero-order chi connectivity index (χ0) is 34.4. The van der Waals surface area contributed by atoms with Crippen molar-refractivity contribution in [2.24, 2.45) is 17.8 Å². The molecule has 0 amide bonds. The van der Waals surface area contributed by atoms with Crippen molar-refractivity contribution in [2.45, 2.75) is 138 Å². The average molecular weight is 634 g/mol. The van der Waals surface area contributed by atoms with Crippen molar-refractivity contribution in [1.29, 1.82) is 0 Å². The highest BCUT2D eigenvalue weighted by Gasteiger charge is 2.25. The Hall–Kier alpha value is -3.20. The molecule has 4 aromatic rings. The second-order valence-electron chi connectivity index (χ2n) is 16.1. The molecular formula is C44H63N3. The molecule has 1 aliphatic carbocycles. The molecule has 0 bridgehead atoms. The second-order valence-corrected chi connectivity index (χ2v) is 16.1. The molecule has 3 aromatic carbocycles. The van der Waals surface area contributed by atoms with Crippen LogP contribution in [0.2, 0.25) is 0 Å². The van der Waals surface area contributed by atoms with Crippen LogP contribution in [0.4, 0.5) is 0 Å². The van der Waals surface area contributed by atoms with Crippen molar-refractivity contribution < 1.29 is 0 Å². The van der Waals surface area contributed by atoms with Crippen LogP contribution < -0.4 is 0 Å². The fourth-order valence-electron chi connectivity index (χ4n) is 7.09. The highest BCUT2D eigenvalue weighted by molar-refractivity contribution is 6.00. The van der Waals surface area contributed by atoms with Gasteiger partial charge in [0.25, 0.3) is 0 Å². The zero-order valence-corrected chi connectivity index (χ0v) is 31.6. The molecule has 2 atom stereocenters. The highest BCUT2D eigenvalue weighted by atomic mass is 15.5. The number of hydrogen-bond donors (Lipinski definition) is 0. The van der Waals surface area contributed by atoms with E-state index < -0.39 is 0 Å². The smallest absolute Gasteiger partial charge is 0.121 e. The Bertz CT molecular complexity index is 1490. The molecular weight excluding hydrogens is 571 g/mol. The van der Waals surface area contributed by atoms with E-state index >= 15 is 0 Å². The van der Waals surface area contributed by atoms with Gasteiger partial charge in [-0.2, -0.15) is 15.0 Å². The third kappa shape index (κ3) is 9.24. The van der Waals surface area contributed by atoms with Crippen molar-refractivity contribution in [2.75, 3.05) is 0 Å². The first-order chi connectivity index (χ1) is 22.3. The molecule has 254 valence electrons. The first-order valence-electron chi connectivity index (χ1n) is 18.6. The summed E-state index contributed by atoms with van der Waals surface area (Å²) in [6, 6.07) is 22.5. The lowest BCUT2D eigenvalue weighted by Crippen LogP contribution is -2.10. The zero-order valence-electron chi connectivity index (χ0n) is 31.6. The van der Waals surface area contributed by atoms with Gasteiger partial charge in [-0.15, -0.1) is 0 Å². The molecule has 0 saturated carbocycles. The van der Waals surface area contributed by atoms with Gasteiger partial charge in [-0.3, -0.25) is 0 Å². The first kappa shape index (κ1) is 36.6. The molecule has 0 spiro atoms. The monoisotopic (exact) mass is 634 g/mol. The molecule has 0 aliphatic heterocycles. The summed E-state index contributed by atoms with van der Waals surface area (Å²) in [5.41, 5.74) is 11.4. The molecule has 0 N–H and O–H groups in total. The van der Waals surface area contributed by atoms with Gasteiger partial charge in [0.15, 0.2) is 0 Å². The Morgan fingerprint density at radius 1 is 0.660 bits per heavy atom. The summed E-state index contributed by atoms with van der Waals surface area (Å²) in [6.07, 6.45) is 11.5. The van der Waals surface area contributed by atoms with Gasteiger partial charge in [0.05, 0.1) is 6.54 Å². The van der Waals surface area contributed by atoms with E-state index in [1.165, 1.54) is 60.8 Å². The standard InChI is InChI=1S/C42H57N3.C2H6/c1-29(2)38-28-30(3)27-33(38)15-13-11-10-12-14-26-45-43-39-36(31-16-20-34(21-17-31)41(4,5)6)24-25-37(40(39)44-45)32-18-22-35(23-19-32)42(7,8)9;1-2/h16-25,27,29-30,38H,10-15,26,28H2,1-9H3;1-2H3. The minimum Gasteiger partial charge on any atom is -0.184 e. The highest BCUT2D eigenvalue weighted by Crippen LogP contribution is 2.38. The van der Waals surface area contributed by atoms with Crippen LogP contribution in [0.15, 0.2) is 72.3 Å².